The Kier molecular flexibility index (Phi) is 3.86. The topological polar surface area (TPSA) is 29.0 Å². The Bertz CT molecular complexity index is 239. The van der Waals surface area contributed by atoms with Crippen molar-refractivity contribution >= 4 is 5.82 Å². The molecule has 1 aromatic rings. The zero-order valence-corrected chi connectivity index (χ0v) is 9.49. The number of hydrogen-bond donors (Lipinski definition) is 0. The monoisotopic (exact) mass is 193 g/mol. The number of rotatable bonds is 4. The van der Waals surface area contributed by atoms with E-state index in [2.05, 4.69) is 35.6 Å². The maximum atomic E-state index is 4.41. The van der Waals surface area contributed by atoms with Gasteiger partial charge in [0.15, 0.2) is 0 Å². The van der Waals surface area contributed by atoms with Crippen LogP contribution in [0.25, 0.3) is 0 Å². The predicted molar refractivity (Wildman–Crippen MR) is 59.7 cm³/mol. The van der Waals surface area contributed by atoms with E-state index in [0.717, 1.165) is 24.5 Å². The number of hydrogen-bond acceptors (Lipinski definition) is 3. The van der Waals surface area contributed by atoms with Crippen LogP contribution >= 0.6 is 0 Å². The summed E-state index contributed by atoms with van der Waals surface area (Å²) in [6.45, 7) is 7.40. The second kappa shape index (κ2) is 4.94. The molecular formula is C11H19N3. The molecule has 0 N–H and O–H groups in total. The summed E-state index contributed by atoms with van der Waals surface area (Å²) in [6, 6.07) is 0. The van der Waals surface area contributed by atoms with Gasteiger partial charge in [-0.1, -0.05) is 13.8 Å². The fourth-order valence-electron chi connectivity index (χ4n) is 1.15. The van der Waals surface area contributed by atoms with E-state index in [1.54, 1.807) is 0 Å². The van der Waals surface area contributed by atoms with E-state index in [-0.39, 0.29) is 0 Å². The number of anilines is 1. The average Bonchev–Trinajstić information content (AvgIpc) is 2.27. The maximum Gasteiger partial charge on any atom is 0.146 e. The Morgan fingerprint density at radius 3 is 2.43 bits per heavy atom. The lowest BCUT2D eigenvalue weighted by atomic mass is 10.1. The lowest BCUT2D eigenvalue weighted by molar-refractivity contribution is 0.701. The van der Waals surface area contributed by atoms with Gasteiger partial charge in [0.25, 0.3) is 0 Å². The van der Waals surface area contributed by atoms with E-state index in [9.17, 15) is 0 Å². The van der Waals surface area contributed by atoms with Crippen molar-refractivity contribution in [3.63, 3.8) is 0 Å². The van der Waals surface area contributed by atoms with Gasteiger partial charge >= 0.3 is 0 Å². The summed E-state index contributed by atoms with van der Waals surface area (Å²) in [5.41, 5.74) is 1.08. The van der Waals surface area contributed by atoms with E-state index in [1.807, 2.05) is 19.4 Å². The van der Waals surface area contributed by atoms with Crippen molar-refractivity contribution in [3.8, 4) is 0 Å². The zero-order chi connectivity index (χ0) is 10.6. The molecule has 0 aliphatic heterocycles. The summed E-state index contributed by atoms with van der Waals surface area (Å²) < 4.78 is 0. The molecule has 0 aliphatic rings. The van der Waals surface area contributed by atoms with Crippen molar-refractivity contribution in [1.29, 1.82) is 0 Å². The molecule has 3 nitrogen and oxygen atoms in total. The van der Waals surface area contributed by atoms with Gasteiger partial charge in [0.1, 0.15) is 5.82 Å². The first-order valence-electron chi connectivity index (χ1n) is 5.22. The van der Waals surface area contributed by atoms with Crippen LogP contribution in [0.5, 0.6) is 0 Å². The minimum atomic E-state index is 0.503. The molecule has 78 valence electrons. The standard InChI is InChI=1S/C11H19N3/c1-5-9(3)10-7-13-11(8-12-10)14(4)6-2/h7-9H,5-6H2,1-4H3. The van der Waals surface area contributed by atoms with Crippen LogP contribution < -0.4 is 4.90 Å². The molecule has 0 saturated carbocycles. The predicted octanol–water partition coefficient (Wildman–Crippen LogP) is 2.45. The smallest absolute Gasteiger partial charge is 0.146 e. The van der Waals surface area contributed by atoms with Crippen LogP contribution in [-0.2, 0) is 0 Å². The molecule has 0 aliphatic carbocycles. The summed E-state index contributed by atoms with van der Waals surface area (Å²) in [5, 5.41) is 0. The minimum Gasteiger partial charge on any atom is -0.359 e. The fraction of sp³-hybridized carbons (Fsp3) is 0.636. The van der Waals surface area contributed by atoms with E-state index >= 15 is 0 Å². The molecule has 14 heavy (non-hydrogen) atoms. The summed E-state index contributed by atoms with van der Waals surface area (Å²) in [6.07, 6.45) is 4.85. The zero-order valence-electron chi connectivity index (χ0n) is 9.49. The average molecular weight is 193 g/mol. The summed E-state index contributed by atoms with van der Waals surface area (Å²) in [5.74, 6) is 1.45. The third-order valence-corrected chi connectivity index (χ3v) is 2.64. The van der Waals surface area contributed by atoms with Gasteiger partial charge in [0, 0.05) is 13.6 Å². The van der Waals surface area contributed by atoms with Gasteiger partial charge in [0.2, 0.25) is 0 Å². The van der Waals surface area contributed by atoms with E-state index in [1.165, 1.54) is 0 Å². The van der Waals surface area contributed by atoms with E-state index in [4.69, 9.17) is 0 Å². The molecule has 0 bridgehead atoms. The van der Waals surface area contributed by atoms with Gasteiger partial charge in [-0.3, -0.25) is 4.98 Å². The molecule has 0 amide bonds. The van der Waals surface area contributed by atoms with Crippen molar-refractivity contribution in [2.24, 2.45) is 0 Å². The summed E-state index contributed by atoms with van der Waals surface area (Å²) >= 11 is 0. The molecule has 1 rings (SSSR count). The second-order valence-corrected chi connectivity index (χ2v) is 3.62. The number of aromatic nitrogens is 2. The van der Waals surface area contributed by atoms with Crippen molar-refractivity contribution in [2.75, 3.05) is 18.5 Å². The highest BCUT2D eigenvalue weighted by molar-refractivity contribution is 5.34. The van der Waals surface area contributed by atoms with Crippen LogP contribution in [0.4, 0.5) is 5.82 Å². The van der Waals surface area contributed by atoms with Gasteiger partial charge in [-0.25, -0.2) is 4.98 Å². The molecule has 3 heteroatoms. The first kappa shape index (κ1) is 11.0. The van der Waals surface area contributed by atoms with Crippen LogP contribution in [0.15, 0.2) is 12.4 Å². The largest absolute Gasteiger partial charge is 0.359 e. The van der Waals surface area contributed by atoms with Crippen LogP contribution in [0, 0.1) is 0 Å². The highest BCUT2D eigenvalue weighted by atomic mass is 15.2. The molecular weight excluding hydrogens is 174 g/mol. The third kappa shape index (κ3) is 2.44. The number of nitrogens with zero attached hydrogens (tertiary/aromatic N) is 3. The molecule has 0 fully saturated rings. The van der Waals surface area contributed by atoms with Crippen molar-refractivity contribution in [3.05, 3.63) is 18.1 Å². The Hall–Kier alpha value is -1.12. The quantitative estimate of drug-likeness (QED) is 0.735. The minimum absolute atomic E-state index is 0.503. The van der Waals surface area contributed by atoms with Gasteiger partial charge in [0.05, 0.1) is 18.1 Å². The lowest BCUT2D eigenvalue weighted by Crippen LogP contribution is -2.17. The molecule has 0 aromatic carbocycles. The Balaban J connectivity index is 2.78. The maximum absolute atomic E-state index is 4.41. The van der Waals surface area contributed by atoms with E-state index in [0.29, 0.717) is 5.92 Å². The van der Waals surface area contributed by atoms with Crippen molar-refractivity contribution < 1.29 is 0 Å². The van der Waals surface area contributed by atoms with Crippen molar-refractivity contribution in [2.45, 2.75) is 33.1 Å². The molecule has 0 saturated heterocycles. The third-order valence-electron chi connectivity index (χ3n) is 2.64. The van der Waals surface area contributed by atoms with Gasteiger partial charge in [-0.2, -0.15) is 0 Å². The molecule has 1 unspecified atom stereocenters. The molecule has 0 radical (unpaired) electrons. The normalized spacial score (nSPS) is 12.6. The fourth-order valence-corrected chi connectivity index (χ4v) is 1.15. The van der Waals surface area contributed by atoms with Gasteiger partial charge in [-0.15, -0.1) is 0 Å². The second-order valence-electron chi connectivity index (χ2n) is 3.62. The van der Waals surface area contributed by atoms with Crippen molar-refractivity contribution in [1.82, 2.24) is 9.97 Å². The SMILES string of the molecule is CCC(C)c1cnc(N(C)CC)cn1. The van der Waals surface area contributed by atoms with Crippen LogP contribution in [-0.4, -0.2) is 23.6 Å². The Morgan fingerprint density at radius 1 is 1.29 bits per heavy atom. The molecule has 1 atom stereocenters. The first-order chi connectivity index (χ1) is 6.69. The van der Waals surface area contributed by atoms with Crippen LogP contribution in [0.1, 0.15) is 38.8 Å². The molecule has 1 heterocycles. The molecule has 1 aromatic heterocycles. The molecule has 0 spiro atoms. The Labute approximate surface area is 86.2 Å². The van der Waals surface area contributed by atoms with Gasteiger partial charge < -0.3 is 4.90 Å². The highest BCUT2D eigenvalue weighted by Gasteiger charge is 2.06. The summed E-state index contributed by atoms with van der Waals surface area (Å²) in [7, 11) is 2.02. The Morgan fingerprint density at radius 2 is 2.00 bits per heavy atom. The van der Waals surface area contributed by atoms with Crippen LogP contribution in [0.2, 0.25) is 0 Å². The van der Waals surface area contributed by atoms with E-state index < -0.39 is 0 Å². The highest BCUT2D eigenvalue weighted by Crippen LogP contribution is 2.16. The van der Waals surface area contributed by atoms with Gasteiger partial charge in [-0.05, 0) is 19.3 Å². The lowest BCUT2D eigenvalue weighted by Gasteiger charge is -2.15. The van der Waals surface area contributed by atoms with Crippen LogP contribution in [0.3, 0.4) is 0 Å². The first-order valence-corrected chi connectivity index (χ1v) is 5.22. The summed E-state index contributed by atoms with van der Waals surface area (Å²) in [4.78, 5) is 10.9.